The largest absolute Gasteiger partial charge is 0.477 e. The summed E-state index contributed by atoms with van der Waals surface area (Å²) < 4.78 is 17.0. The first kappa shape index (κ1) is 17.1. The summed E-state index contributed by atoms with van der Waals surface area (Å²) in [5.41, 5.74) is 0.0276. The Balaban J connectivity index is 2.81. The lowest BCUT2D eigenvalue weighted by Gasteiger charge is -2.11. The Hall–Kier alpha value is -1.91. The van der Waals surface area contributed by atoms with Crippen molar-refractivity contribution >= 4 is 19.2 Å². The summed E-state index contributed by atoms with van der Waals surface area (Å²) in [4.78, 5) is 23.0. The van der Waals surface area contributed by atoms with Crippen molar-refractivity contribution in [3.05, 3.63) is 47.7 Å². The molecule has 0 saturated heterocycles. The van der Waals surface area contributed by atoms with Crippen molar-refractivity contribution in [3.8, 4) is 0 Å². The van der Waals surface area contributed by atoms with E-state index in [-0.39, 0.29) is 18.5 Å². The number of carbonyl (C=O) groups is 2. The Morgan fingerprint density at radius 2 is 1.95 bits per heavy atom. The molecule has 0 aromatic heterocycles. The summed E-state index contributed by atoms with van der Waals surface area (Å²) in [6.07, 6.45) is 1.15. The molecule has 0 saturated carbocycles. The molecule has 0 bridgehead atoms. The molecule has 6 nitrogen and oxygen atoms in total. The molecule has 1 unspecified atom stereocenters. The number of carbonyl (C=O) groups excluding carboxylic acids is 1. The van der Waals surface area contributed by atoms with Crippen molar-refractivity contribution in [1.82, 2.24) is 5.32 Å². The van der Waals surface area contributed by atoms with Crippen LogP contribution in [0.4, 0.5) is 0 Å². The Morgan fingerprint density at radius 1 is 1.33 bits per heavy atom. The average molecular weight is 311 g/mol. The predicted molar refractivity (Wildman–Crippen MR) is 79.7 cm³/mol. The molecule has 2 N–H and O–H groups in total. The lowest BCUT2D eigenvalue weighted by molar-refractivity contribution is -0.133. The lowest BCUT2D eigenvalue weighted by atomic mass is 10.2. The van der Waals surface area contributed by atoms with Gasteiger partial charge in [-0.1, -0.05) is 18.2 Å². The molecule has 21 heavy (non-hydrogen) atoms. The highest BCUT2D eigenvalue weighted by atomic mass is 31.2. The van der Waals surface area contributed by atoms with Gasteiger partial charge in [-0.25, -0.2) is 4.79 Å². The summed E-state index contributed by atoms with van der Waals surface area (Å²) in [5, 5.41) is 11.4. The van der Waals surface area contributed by atoms with Crippen molar-refractivity contribution in [2.24, 2.45) is 0 Å². The second kappa shape index (κ2) is 7.76. The molecule has 7 heteroatoms. The van der Waals surface area contributed by atoms with Crippen LogP contribution in [0.3, 0.4) is 0 Å². The van der Waals surface area contributed by atoms with Gasteiger partial charge in [0, 0.05) is 18.4 Å². The molecule has 1 amide bonds. The minimum Gasteiger partial charge on any atom is -0.477 e. The lowest BCUT2D eigenvalue weighted by Crippen LogP contribution is -2.27. The van der Waals surface area contributed by atoms with Gasteiger partial charge in [0.05, 0.1) is 6.61 Å². The van der Waals surface area contributed by atoms with Crippen LogP contribution in [0.15, 0.2) is 42.1 Å². The van der Waals surface area contributed by atoms with Gasteiger partial charge in [0.15, 0.2) is 0 Å². The standard InChI is InChI=1S/C14H18NO5P/c1-3-20-21(2,19)10-9-12(14(17)18)15-13(16)11-7-5-4-6-8-11/h4-9H,3,10H2,1-2H3,(H,15,16)(H,17,18)/b12-9-. The van der Waals surface area contributed by atoms with Crippen molar-refractivity contribution in [2.75, 3.05) is 19.4 Å². The van der Waals surface area contributed by atoms with E-state index in [2.05, 4.69) is 5.32 Å². The highest BCUT2D eigenvalue weighted by Crippen LogP contribution is 2.42. The SMILES string of the molecule is CCOP(C)(=O)C/C=C(\NC(=O)c1ccccc1)C(=O)O. The number of allylic oxidation sites excluding steroid dienone is 1. The molecular formula is C14H18NO5P. The zero-order chi connectivity index (χ0) is 15.9. The number of rotatable bonds is 7. The average Bonchev–Trinajstić information content (AvgIpc) is 2.43. The highest BCUT2D eigenvalue weighted by Gasteiger charge is 2.17. The number of aliphatic carboxylic acids is 1. The Bertz CT molecular complexity index is 582. The first-order valence-electron chi connectivity index (χ1n) is 6.36. The molecular weight excluding hydrogens is 293 g/mol. The Morgan fingerprint density at radius 3 is 2.48 bits per heavy atom. The molecule has 114 valence electrons. The molecule has 1 aromatic rings. The molecule has 1 atom stereocenters. The molecule has 0 fully saturated rings. The van der Waals surface area contributed by atoms with Crippen molar-refractivity contribution in [2.45, 2.75) is 6.92 Å². The zero-order valence-corrected chi connectivity index (χ0v) is 12.8. The monoisotopic (exact) mass is 311 g/mol. The van der Waals surface area contributed by atoms with Crippen molar-refractivity contribution in [1.29, 1.82) is 0 Å². The van der Waals surface area contributed by atoms with Crippen LogP contribution in [0, 0.1) is 0 Å². The van der Waals surface area contributed by atoms with Crippen LogP contribution in [0.2, 0.25) is 0 Å². The van der Waals surface area contributed by atoms with E-state index in [0.29, 0.717) is 5.56 Å². The smallest absolute Gasteiger partial charge is 0.352 e. The van der Waals surface area contributed by atoms with Gasteiger partial charge in [-0.2, -0.15) is 0 Å². The van der Waals surface area contributed by atoms with Gasteiger partial charge in [-0.15, -0.1) is 0 Å². The quantitative estimate of drug-likeness (QED) is 0.595. The van der Waals surface area contributed by atoms with Gasteiger partial charge in [-0.3, -0.25) is 9.36 Å². The maximum atomic E-state index is 11.9. The number of carboxylic acids is 1. The fourth-order valence-corrected chi connectivity index (χ4v) is 2.72. The van der Waals surface area contributed by atoms with Crippen LogP contribution in [0.1, 0.15) is 17.3 Å². The van der Waals surface area contributed by atoms with Gasteiger partial charge in [0.2, 0.25) is 7.37 Å². The predicted octanol–water partition coefficient (Wildman–Crippen LogP) is 2.33. The maximum Gasteiger partial charge on any atom is 0.352 e. The third-order valence-corrected chi connectivity index (χ3v) is 4.19. The molecule has 0 spiro atoms. The number of hydrogen-bond acceptors (Lipinski definition) is 4. The zero-order valence-electron chi connectivity index (χ0n) is 11.9. The molecule has 0 radical (unpaired) electrons. The van der Waals surface area contributed by atoms with E-state index >= 15 is 0 Å². The Kier molecular flexibility index (Phi) is 6.34. The number of amides is 1. The second-order valence-corrected chi connectivity index (χ2v) is 7.01. The summed E-state index contributed by atoms with van der Waals surface area (Å²) in [6.45, 7) is 3.40. The first-order chi connectivity index (χ1) is 9.85. The molecule has 0 aliphatic carbocycles. The van der Waals surface area contributed by atoms with Gasteiger partial charge < -0.3 is 14.9 Å². The second-order valence-electron chi connectivity index (χ2n) is 4.36. The summed E-state index contributed by atoms with van der Waals surface area (Å²) in [6, 6.07) is 8.24. The van der Waals surface area contributed by atoms with Gasteiger partial charge in [0.25, 0.3) is 5.91 Å². The molecule has 0 aliphatic rings. The van der Waals surface area contributed by atoms with E-state index in [1.807, 2.05) is 0 Å². The van der Waals surface area contributed by atoms with Crippen LogP contribution in [0.25, 0.3) is 0 Å². The van der Waals surface area contributed by atoms with E-state index in [0.717, 1.165) is 0 Å². The fraction of sp³-hybridized carbons (Fsp3) is 0.286. The van der Waals surface area contributed by atoms with Crippen LogP contribution in [0.5, 0.6) is 0 Å². The van der Waals surface area contributed by atoms with Crippen molar-refractivity contribution < 1.29 is 23.8 Å². The van der Waals surface area contributed by atoms with E-state index in [4.69, 9.17) is 9.63 Å². The van der Waals surface area contributed by atoms with E-state index in [1.165, 1.54) is 12.7 Å². The molecule has 1 rings (SSSR count). The van der Waals surface area contributed by atoms with Crippen LogP contribution in [-0.2, 0) is 13.9 Å². The summed E-state index contributed by atoms with van der Waals surface area (Å²) in [5.74, 6) is -1.83. The number of carboxylic acid groups (broad SMARTS) is 1. The molecule has 1 aromatic carbocycles. The summed E-state index contributed by atoms with van der Waals surface area (Å²) >= 11 is 0. The number of hydrogen-bond donors (Lipinski definition) is 2. The number of benzene rings is 1. The van der Waals surface area contributed by atoms with E-state index < -0.39 is 19.2 Å². The van der Waals surface area contributed by atoms with Gasteiger partial charge in [-0.05, 0) is 25.1 Å². The van der Waals surface area contributed by atoms with Crippen molar-refractivity contribution in [3.63, 3.8) is 0 Å². The Labute approximate surface area is 123 Å². The fourth-order valence-electron chi connectivity index (χ4n) is 1.56. The van der Waals surface area contributed by atoms with Gasteiger partial charge >= 0.3 is 5.97 Å². The van der Waals surface area contributed by atoms with Gasteiger partial charge in [0.1, 0.15) is 5.70 Å². The topological polar surface area (TPSA) is 92.7 Å². The minimum absolute atomic E-state index is 0.0580. The van der Waals surface area contributed by atoms with Crippen LogP contribution >= 0.6 is 7.37 Å². The molecule has 0 heterocycles. The minimum atomic E-state index is -2.89. The van der Waals surface area contributed by atoms with E-state index in [1.54, 1.807) is 37.3 Å². The normalized spacial score (nSPS) is 14.3. The van der Waals surface area contributed by atoms with Crippen LogP contribution < -0.4 is 5.32 Å². The maximum absolute atomic E-state index is 11.9. The first-order valence-corrected chi connectivity index (χ1v) is 8.62. The number of nitrogens with one attached hydrogen (secondary N) is 1. The highest BCUT2D eigenvalue weighted by molar-refractivity contribution is 7.58. The molecule has 0 aliphatic heterocycles. The third-order valence-electron chi connectivity index (χ3n) is 2.54. The summed E-state index contributed by atoms with van der Waals surface area (Å²) in [7, 11) is -2.89. The van der Waals surface area contributed by atoms with E-state index in [9.17, 15) is 14.2 Å². The van der Waals surface area contributed by atoms with Crippen LogP contribution in [-0.4, -0.2) is 36.4 Å². The third kappa shape index (κ3) is 5.94.